The summed E-state index contributed by atoms with van der Waals surface area (Å²) >= 11 is 4.97. The molecule has 2 aromatic carbocycles. The highest BCUT2D eigenvalue weighted by Gasteiger charge is 2.13. The molecule has 0 radical (unpaired) electrons. The van der Waals surface area contributed by atoms with Crippen LogP contribution in [0, 0.1) is 5.82 Å². The molecule has 126 valence electrons. The quantitative estimate of drug-likeness (QED) is 0.587. The van der Waals surface area contributed by atoms with Crippen LogP contribution in [0.4, 0.5) is 4.39 Å². The van der Waals surface area contributed by atoms with Crippen LogP contribution in [0.2, 0.25) is 0 Å². The van der Waals surface area contributed by atoms with E-state index in [0.717, 1.165) is 15.2 Å². The number of halogens is 2. The lowest BCUT2D eigenvalue weighted by molar-refractivity contribution is 0.266. The summed E-state index contributed by atoms with van der Waals surface area (Å²) in [6.07, 6.45) is 1.39. The standard InChI is InChI=1S/C17H15BrFNO3S/c1-22-14-9-11(21)3-5-13(14)23-16(18)6-7-17-20-12-4-2-10(19)8-15(12)24-17/h2-5,8-9,16,21H,6-7H2,1H3. The molecule has 0 aliphatic rings. The van der Waals surface area contributed by atoms with E-state index in [1.807, 2.05) is 0 Å². The second-order valence-corrected chi connectivity index (χ2v) is 7.26. The van der Waals surface area contributed by atoms with Gasteiger partial charge in [0, 0.05) is 18.9 Å². The number of hydrogen-bond donors (Lipinski definition) is 1. The lowest BCUT2D eigenvalue weighted by Gasteiger charge is -2.15. The molecule has 1 heterocycles. The Morgan fingerprint density at radius 2 is 2.08 bits per heavy atom. The fourth-order valence-corrected chi connectivity index (χ4v) is 3.68. The molecule has 4 nitrogen and oxygen atoms in total. The number of aromatic hydroxyl groups is 1. The van der Waals surface area contributed by atoms with Crippen molar-refractivity contribution < 1.29 is 19.0 Å². The lowest BCUT2D eigenvalue weighted by atomic mass is 10.3. The fourth-order valence-electron chi connectivity index (χ4n) is 2.24. The third-order valence-corrected chi connectivity index (χ3v) is 5.10. The number of aryl methyl sites for hydroxylation is 1. The molecule has 1 atom stereocenters. The van der Waals surface area contributed by atoms with Crippen LogP contribution >= 0.6 is 27.3 Å². The van der Waals surface area contributed by atoms with Gasteiger partial charge in [0.1, 0.15) is 11.6 Å². The van der Waals surface area contributed by atoms with Crippen LogP contribution in [0.3, 0.4) is 0 Å². The Bertz CT molecular complexity index is 855. The van der Waals surface area contributed by atoms with Crippen molar-refractivity contribution in [2.45, 2.75) is 17.9 Å². The molecule has 0 bridgehead atoms. The van der Waals surface area contributed by atoms with Crippen molar-refractivity contribution in [3.8, 4) is 17.2 Å². The van der Waals surface area contributed by atoms with Crippen molar-refractivity contribution in [2.24, 2.45) is 0 Å². The SMILES string of the molecule is COc1cc(O)ccc1OC(Br)CCc1nc2ccc(F)cc2s1. The molecule has 3 aromatic rings. The number of benzene rings is 2. The Balaban J connectivity index is 1.63. The summed E-state index contributed by atoms with van der Waals surface area (Å²) in [4.78, 5) is 4.50. The van der Waals surface area contributed by atoms with E-state index < -0.39 is 0 Å². The molecule has 24 heavy (non-hydrogen) atoms. The summed E-state index contributed by atoms with van der Waals surface area (Å²) in [5.74, 6) is 0.879. The minimum Gasteiger partial charge on any atom is -0.508 e. The molecule has 0 aliphatic carbocycles. The highest BCUT2D eigenvalue weighted by atomic mass is 79.9. The first kappa shape index (κ1) is 17.0. The Labute approximate surface area is 151 Å². The van der Waals surface area contributed by atoms with E-state index in [-0.39, 0.29) is 16.6 Å². The van der Waals surface area contributed by atoms with E-state index in [9.17, 15) is 9.50 Å². The van der Waals surface area contributed by atoms with Crippen molar-refractivity contribution in [1.82, 2.24) is 4.98 Å². The second kappa shape index (κ2) is 7.36. The third-order valence-electron chi connectivity index (χ3n) is 3.38. The van der Waals surface area contributed by atoms with Gasteiger partial charge in [-0.1, -0.05) is 0 Å². The van der Waals surface area contributed by atoms with Gasteiger partial charge in [0.05, 0.1) is 22.3 Å². The number of nitrogens with zero attached hydrogens (tertiary/aromatic N) is 1. The Morgan fingerprint density at radius 1 is 1.25 bits per heavy atom. The number of hydrogen-bond acceptors (Lipinski definition) is 5. The molecule has 7 heteroatoms. The molecule has 0 aliphatic heterocycles. The highest BCUT2D eigenvalue weighted by Crippen LogP contribution is 2.33. The zero-order valence-corrected chi connectivity index (χ0v) is 15.2. The van der Waals surface area contributed by atoms with Gasteiger partial charge in [-0.25, -0.2) is 9.37 Å². The van der Waals surface area contributed by atoms with Crippen LogP contribution in [-0.4, -0.2) is 22.2 Å². The summed E-state index contributed by atoms with van der Waals surface area (Å²) < 4.78 is 25.1. The van der Waals surface area contributed by atoms with Crippen LogP contribution in [0.25, 0.3) is 10.2 Å². The van der Waals surface area contributed by atoms with Crippen molar-refractivity contribution in [1.29, 1.82) is 0 Å². The van der Waals surface area contributed by atoms with Crippen molar-refractivity contribution >= 4 is 37.5 Å². The maximum absolute atomic E-state index is 13.2. The van der Waals surface area contributed by atoms with Crippen LogP contribution in [0.5, 0.6) is 17.2 Å². The van der Waals surface area contributed by atoms with E-state index in [0.29, 0.717) is 24.3 Å². The fraction of sp³-hybridized carbons (Fsp3) is 0.235. The zero-order chi connectivity index (χ0) is 17.1. The summed E-state index contributed by atoms with van der Waals surface area (Å²) in [5.41, 5.74) is 0.809. The number of rotatable bonds is 6. The minimum absolute atomic E-state index is 0.118. The second-order valence-electron chi connectivity index (χ2n) is 5.12. The van der Waals surface area contributed by atoms with Gasteiger partial charge in [0.25, 0.3) is 0 Å². The predicted octanol–water partition coefficient (Wildman–Crippen LogP) is 4.88. The summed E-state index contributed by atoms with van der Waals surface area (Å²) in [7, 11) is 1.52. The average Bonchev–Trinajstić information content (AvgIpc) is 2.96. The van der Waals surface area contributed by atoms with Gasteiger partial charge in [-0.2, -0.15) is 0 Å². The first-order valence-corrected chi connectivity index (χ1v) is 9.01. The molecule has 0 amide bonds. The molecular weight excluding hydrogens is 397 g/mol. The summed E-state index contributed by atoms with van der Waals surface area (Å²) in [6.45, 7) is 0. The van der Waals surface area contributed by atoms with Crippen molar-refractivity contribution in [3.05, 3.63) is 47.2 Å². The van der Waals surface area contributed by atoms with Crippen LogP contribution in [0.15, 0.2) is 36.4 Å². The molecule has 0 spiro atoms. The van der Waals surface area contributed by atoms with Crippen molar-refractivity contribution in [3.63, 3.8) is 0 Å². The van der Waals surface area contributed by atoms with Crippen LogP contribution < -0.4 is 9.47 Å². The molecule has 1 aromatic heterocycles. The smallest absolute Gasteiger partial charge is 0.164 e. The summed E-state index contributed by atoms with van der Waals surface area (Å²) in [5, 5.41) is 10.2. The summed E-state index contributed by atoms with van der Waals surface area (Å²) in [6, 6.07) is 9.30. The number of fused-ring (bicyclic) bond motifs is 1. The predicted molar refractivity (Wildman–Crippen MR) is 95.9 cm³/mol. The number of ether oxygens (including phenoxy) is 2. The number of aromatic nitrogens is 1. The van der Waals surface area contributed by atoms with E-state index in [1.165, 1.54) is 36.6 Å². The number of thiazole rings is 1. The Kier molecular flexibility index (Phi) is 5.20. The van der Waals surface area contributed by atoms with Gasteiger partial charge in [-0.05, 0) is 46.3 Å². The van der Waals surface area contributed by atoms with Gasteiger partial charge >= 0.3 is 0 Å². The maximum Gasteiger partial charge on any atom is 0.164 e. The first-order valence-electron chi connectivity index (χ1n) is 7.28. The van der Waals surface area contributed by atoms with Gasteiger partial charge in [-0.15, -0.1) is 11.3 Å². The highest BCUT2D eigenvalue weighted by molar-refractivity contribution is 9.09. The molecule has 3 rings (SSSR count). The van der Waals surface area contributed by atoms with Gasteiger partial charge in [0.15, 0.2) is 16.5 Å². The molecule has 1 N–H and O–H groups in total. The molecule has 0 saturated carbocycles. The molecule has 0 saturated heterocycles. The Morgan fingerprint density at radius 3 is 2.88 bits per heavy atom. The van der Waals surface area contributed by atoms with Gasteiger partial charge in [-0.3, -0.25) is 0 Å². The monoisotopic (exact) mass is 411 g/mol. The number of phenolic OH excluding ortho intramolecular Hbond substituents is 1. The molecule has 1 unspecified atom stereocenters. The van der Waals surface area contributed by atoms with Crippen molar-refractivity contribution in [2.75, 3.05) is 7.11 Å². The zero-order valence-electron chi connectivity index (χ0n) is 12.8. The minimum atomic E-state index is -0.251. The van der Waals surface area contributed by atoms with Gasteiger partial charge < -0.3 is 14.6 Å². The maximum atomic E-state index is 13.2. The van der Waals surface area contributed by atoms with Gasteiger partial charge in [0.2, 0.25) is 0 Å². The first-order chi connectivity index (χ1) is 11.5. The van der Waals surface area contributed by atoms with E-state index in [2.05, 4.69) is 20.9 Å². The van der Waals surface area contributed by atoms with Crippen LogP contribution in [-0.2, 0) is 6.42 Å². The third kappa shape index (κ3) is 3.96. The Hall–Kier alpha value is -1.86. The van der Waals surface area contributed by atoms with E-state index >= 15 is 0 Å². The lowest BCUT2D eigenvalue weighted by Crippen LogP contribution is -2.10. The molecular formula is C17H15BrFNO3S. The molecule has 0 fully saturated rings. The number of methoxy groups -OCH3 is 1. The number of alkyl halides is 1. The van der Waals surface area contributed by atoms with E-state index in [4.69, 9.17) is 9.47 Å². The van der Waals surface area contributed by atoms with Crippen LogP contribution in [0.1, 0.15) is 11.4 Å². The van der Waals surface area contributed by atoms with E-state index in [1.54, 1.807) is 18.2 Å². The topological polar surface area (TPSA) is 51.6 Å². The largest absolute Gasteiger partial charge is 0.508 e. The normalized spacial score (nSPS) is 12.3. The average molecular weight is 412 g/mol. The number of phenols is 1.